The Balaban J connectivity index is 1.70. The lowest BCUT2D eigenvalue weighted by molar-refractivity contribution is 0.0948. The van der Waals surface area contributed by atoms with E-state index >= 15 is 0 Å². The van der Waals surface area contributed by atoms with Crippen molar-refractivity contribution >= 4 is 28.7 Å². The lowest BCUT2D eigenvalue weighted by atomic mass is 10.1. The SMILES string of the molecule is Cc1nc2cccnc2n1-c1cc(C(=O)NCc2ccco2)ccc1Cl. The van der Waals surface area contributed by atoms with Crippen LogP contribution in [0.4, 0.5) is 0 Å². The molecule has 7 heteroatoms. The van der Waals surface area contributed by atoms with Crippen LogP contribution < -0.4 is 5.32 Å². The van der Waals surface area contributed by atoms with Crippen molar-refractivity contribution in [3.8, 4) is 5.69 Å². The third kappa shape index (κ3) is 2.95. The molecular weight excluding hydrogens is 352 g/mol. The summed E-state index contributed by atoms with van der Waals surface area (Å²) < 4.78 is 7.08. The first-order valence-corrected chi connectivity index (χ1v) is 8.42. The molecule has 0 radical (unpaired) electrons. The minimum atomic E-state index is -0.214. The largest absolute Gasteiger partial charge is 0.467 e. The summed E-state index contributed by atoms with van der Waals surface area (Å²) in [6.07, 6.45) is 3.27. The summed E-state index contributed by atoms with van der Waals surface area (Å²) in [5.74, 6) is 1.22. The van der Waals surface area contributed by atoms with Gasteiger partial charge in [-0.15, -0.1) is 0 Å². The van der Waals surface area contributed by atoms with Crippen molar-refractivity contribution in [2.45, 2.75) is 13.5 Å². The van der Waals surface area contributed by atoms with Crippen molar-refractivity contribution in [2.24, 2.45) is 0 Å². The van der Waals surface area contributed by atoms with Gasteiger partial charge in [0.05, 0.1) is 23.5 Å². The fourth-order valence-electron chi connectivity index (χ4n) is 2.82. The van der Waals surface area contributed by atoms with E-state index < -0.39 is 0 Å². The smallest absolute Gasteiger partial charge is 0.251 e. The van der Waals surface area contributed by atoms with Crippen LogP contribution in [0.3, 0.4) is 0 Å². The van der Waals surface area contributed by atoms with Crippen LogP contribution in [0.1, 0.15) is 21.9 Å². The third-order valence-electron chi connectivity index (χ3n) is 4.04. The fraction of sp³-hybridized carbons (Fsp3) is 0.105. The second kappa shape index (κ2) is 6.65. The highest BCUT2D eigenvalue weighted by atomic mass is 35.5. The molecule has 6 nitrogen and oxygen atoms in total. The summed E-state index contributed by atoms with van der Waals surface area (Å²) in [5.41, 5.74) is 2.62. The van der Waals surface area contributed by atoms with Crippen LogP contribution in [0.2, 0.25) is 5.02 Å². The summed E-state index contributed by atoms with van der Waals surface area (Å²) in [6, 6.07) is 12.4. The molecule has 4 rings (SSSR count). The Labute approximate surface area is 154 Å². The van der Waals surface area contributed by atoms with Gasteiger partial charge in [0.1, 0.15) is 17.1 Å². The molecule has 0 aliphatic rings. The van der Waals surface area contributed by atoms with E-state index in [0.717, 1.165) is 11.3 Å². The molecule has 4 aromatic rings. The zero-order valence-corrected chi connectivity index (χ0v) is 14.7. The lowest BCUT2D eigenvalue weighted by Gasteiger charge is -2.11. The standard InChI is InChI=1S/C19H15ClN4O2/c1-12-23-16-5-2-8-21-18(16)24(12)17-10-13(6-7-15(17)20)19(25)22-11-14-4-3-9-26-14/h2-10H,11H2,1H3,(H,22,25). The van der Waals surface area contributed by atoms with Gasteiger partial charge in [-0.2, -0.15) is 0 Å². The predicted octanol–water partition coefficient (Wildman–Crippen LogP) is 3.91. The highest BCUT2D eigenvalue weighted by molar-refractivity contribution is 6.32. The highest BCUT2D eigenvalue weighted by Crippen LogP contribution is 2.26. The monoisotopic (exact) mass is 366 g/mol. The number of hydrogen-bond donors (Lipinski definition) is 1. The van der Waals surface area contributed by atoms with Crippen molar-refractivity contribution in [1.82, 2.24) is 19.9 Å². The van der Waals surface area contributed by atoms with Crippen molar-refractivity contribution in [1.29, 1.82) is 0 Å². The van der Waals surface area contributed by atoms with Crippen molar-refractivity contribution < 1.29 is 9.21 Å². The molecular formula is C19H15ClN4O2. The first-order chi connectivity index (χ1) is 12.6. The minimum absolute atomic E-state index is 0.214. The summed E-state index contributed by atoms with van der Waals surface area (Å²) in [7, 11) is 0. The summed E-state index contributed by atoms with van der Waals surface area (Å²) in [6.45, 7) is 2.19. The molecule has 0 atom stereocenters. The van der Waals surface area contributed by atoms with Gasteiger partial charge in [0, 0.05) is 11.8 Å². The second-order valence-electron chi connectivity index (χ2n) is 5.77. The van der Waals surface area contributed by atoms with Crippen LogP contribution in [0.5, 0.6) is 0 Å². The number of amides is 1. The number of pyridine rings is 1. The van der Waals surface area contributed by atoms with Gasteiger partial charge in [0.15, 0.2) is 5.65 Å². The Bertz CT molecular complexity index is 1090. The average molecular weight is 367 g/mol. The van der Waals surface area contributed by atoms with Gasteiger partial charge in [-0.05, 0) is 49.4 Å². The summed E-state index contributed by atoms with van der Waals surface area (Å²) in [5, 5.41) is 3.34. The Hall–Kier alpha value is -3.12. The maximum Gasteiger partial charge on any atom is 0.251 e. The first-order valence-electron chi connectivity index (χ1n) is 8.04. The Morgan fingerprint density at radius 1 is 1.27 bits per heavy atom. The van der Waals surface area contributed by atoms with Crippen LogP contribution >= 0.6 is 11.6 Å². The summed E-state index contributed by atoms with van der Waals surface area (Å²) >= 11 is 6.40. The number of carbonyl (C=O) groups excluding carboxylic acids is 1. The van der Waals surface area contributed by atoms with Gasteiger partial charge in [0.25, 0.3) is 5.91 Å². The van der Waals surface area contributed by atoms with Gasteiger partial charge < -0.3 is 9.73 Å². The number of fused-ring (bicyclic) bond motifs is 1. The number of halogens is 1. The van der Waals surface area contributed by atoms with Crippen molar-refractivity contribution in [2.75, 3.05) is 0 Å². The molecule has 0 aliphatic heterocycles. The van der Waals surface area contributed by atoms with E-state index in [-0.39, 0.29) is 5.91 Å². The molecule has 0 unspecified atom stereocenters. The molecule has 0 spiro atoms. The van der Waals surface area contributed by atoms with E-state index in [1.54, 1.807) is 42.8 Å². The molecule has 0 saturated carbocycles. The number of imidazole rings is 1. The molecule has 3 aromatic heterocycles. The van der Waals surface area contributed by atoms with Crippen molar-refractivity contribution in [3.05, 3.63) is 77.1 Å². The van der Waals surface area contributed by atoms with Gasteiger partial charge in [-0.25, -0.2) is 9.97 Å². The molecule has 0 fully saturated rings. The van der Waals surface area contributed by atoms with E-state index in [9.17, 15) is 4.79 Å². The Kier molecular flexibility index (Phi) is 4.18. The number of carbonyl (C=O) groups is 1. The van der Waals surface area contributed by atoms with Crippen molar-refractivity contribution in [3.63, 3.8) is 0 Å². The Morgan fingerprint density at radius 2 is 2.15 bits per heavy atom. The molecule has 3 heterocycles. The Morgan fingerprint density at radius 3 is 2.96 bits per heavy atom. The third-order valence-corrected chi connectivity index (χ3v) is 4.36. The van der Waals surface area contributed by atoms with E-state index in [1.807, 2.05) is 23.6 Å². The number of benzene rings is 1. The number of nitrogens with one attached hydrogen (secondary N) is 1. The molecule has 1 N–H and O–H groups in total. The molecule has 1 amide bonds. The van der Waals surface area contributed by atoms with Crippen LogP contribution in [-0.4, -0.2) is 20.4 Å². The molecule has 0 aliphatic carbocycles. The molecule has 1 aromatic carbocycles. The van der Waals surface area contributed by atoms with E-state index in [2.05, 4.69) is 15.3 Å². The normalized spacial score (nSPS) is 11.0. The van der Waals surface area contributed by atoms with Crippen LogP contribution in [0.25, 0.3) is 16.9 Å². The van der Waals surface area contributed by atoms with E-state index in [4.69, 9.17) is 16.0 Å². The average Bonchev–Trinajstić information content (AvgIpc) is 3.27. The first kappa shape index (κ1) is 16.4. The number of nitrogens with zero attached hydrogens (tertiary/aromatic N) is 3. The van der Waals surface area contributed by atoms with Gasteiger partial charge in [-0.1, -0.05) is 11.6 Å². The number of hydrogen-bond acceptors (Lipinski definition) is 4. The topological polar surface area (TPSA) is 73.0 Å². The van der Waals surface area contributed by atoms with Gasteiger partial charge in [0.2, 0.25) is 0 Å². The maximum absolute atomic E-state index is 12.5. The molecule has 0 saturated heterocycles. The predicted molar refractivity (Wildman–Crippen MR) is 98.5 cm³/mol. The van der Waals surface area contributed by atoms with Gasteiger partial charge >= 0.3 is 0 Å². The highest BCUT2D eigenvalue weighted by Gasteiger charge is 2.15. The minimum Gasteiger partial charge on any atom is -0.467 e. The number of rotatable bonds is 4. The number of aryl methyl sites for hydroxylation is 1. The van der Waals surface area contributed by atoms with Crippen LogP contribution in [0, 0.1) is 6.92 Å². The van der Waals surface area contributed by atoms with E-state index in [0.29, 0.717) is 34.2 Å². The van der Waals surface area contributed by atoms with Crippen LogP contribution in [-0.2, 0) is 6.54 Å². The maximum atomic E-state index is 12.5. The number of furan rings is 1. The van der Waals surface area contributed by atoms with E-state index in [1.165, 1.54) is 0 Å². The second-order valence-corrected chi connectivity index (χ2v) is 6.18. The zero-order valence-electron chi connectivity index (χ0n) is 13.9. The molecule has 0 bridgehead atoms. The molecule has 130 valence electrons. The van der Waals surface area contributed by atoms with Gasteiger partial charge in [-0.3, -0.25) is 9.36 Å². The number of aromatic nitrogens is 3. The molecule has 26 heavy (non-hydrogen) atoms. The van der Waals surface area contributed by atoms with Crippen LogP contribution in [0.15, 0.2) is 59.3 Å². The zero-order chi connectivity index (χ0) is 18.1. The summed E-state index contributed by atoms with van der Waals surface area (Å²) in [4.78, 5) is 21.4. The fourth-order valence-corrected chi connectivity index (χ4v) is 3.02. The quantitative estimate of drug-likeness (QED) is 0.594. The lowest BCUT2D eigenvalue weighted by Crippen LogP contribution is -2.22.